The number of carbonyl (C=O) groups excluding carboxylic acids is 2. The summed E-state index contributed by atoms with van der Waals surface area (Å²) in [4.78, 5) is 26.9. The quantitative estimate of drug-likeness (QED) is 0.526. The number of amides is 2. The molecule has 0 aliphatic carbocycles. The summed E-state index contributed by atoms with van der Waals surface area (Å²) >= 11 is 0. The lowest BCUT2D eigenvalue weighted by Gasteiger charge is -2.18. The van der Waals surface area contributed by atoms with Gasteiger partial charge in [-0.2, -0.15) is 0 Å². The molecule has 3 aromatic rings. The minimum absolute atomic E-state index is 0.134. The van der Waals surface area contributed by atoms with E-state index in [9.17, 15) is 9.59 Å². The van der Waals surface area contributed by atoms with Crippen molar-refractivity contribution >= 4 is 11.8 Å². The van der Waals surface area contributed by atoms with Crippen LogP contribution in [0.2, 0.25) is 0 Å². The van der Waals surface area contributed by atoms with Gasteiger partial charge >= 0.3 is 0 Å². The van der Waals surface area contributed by atoms with Crippen molar-refractivity contribution in [1.29, 1.82) is 0 Å². The van der Waals surface area contributed by atoms with Gasteiger partial charge in [-0.05, 0) is 66.9 Å². The Balaban J connectivity index is 1.37. The smallest absolute Gasteiger partial charge is 0.252 e. The molecule has 4 rings (SSSR count). The summed E-state index contributed by atoms with van der Waals surface area (Å²) in [5.41, 5.74) is 9.54. The van der Waals surface area contributed by atoms with Crippen molar-refractivity contribution in [3.8, 4) is 5.75 Å². The summed E-state index contributed by atoms with van der Waals surface area (Å²) in [7, 11) is 0. The number of nitrogens with zero attached hydrogens (tertiary/aromatic N) is 1. The van der Waals surface area contributed by atoms with E-state index >= 15 is 0 Å². The lowest BCUT2D eigenvalue weighted by molar-refractivity contribution is 0.0949. The zero-order valence-corrected chi connectivity index (χ0v) is 18.6. The Hall–Kier alpha value is -3.64. The molecule has 1 heterocycles. The van der Waals surface area contributed by atoms with Gasteiger partial charge in [-0.1, -0.05) is 48.5 Å². The van der Waals surface area contributed by atoms with Crippen molar-refractivity contribution in [1.82, 2.24) is 10.2 Å². The van der Waals surface area contributed by atoms with Crippen LogP contribution in [0.25, 0.3) is 0 Å². The number of benzene rings is 3. The monoisotopic (exact) mass is 443 g/mol. The van der Waals surface area contributed by atoms with E-state index in [1.807, 2.05) is 18.2 Å². The maximum atomic E-state index is 12.8. The van der Waals surface area contributed by atoms with E-state index in [0.717, 1.165) is 30.8 Å². The Bertz CT molecular complexity index is 1120. The topological polar surface area (TPSA) is 84.7 Å². The first kappa shape index (κ1) is 22.6. The second kappa shape index (κ2) is 10.8. The van der Waals surface area contributed by atoms with Gasteiger partial charge in [-0.25, -0.2) is 0 Å². The molecule has 3 aromatic carbocycles. The minimum atomic E-state index is -0.538. The van der Waals surface area contributed by atoms with Crippen molar-refractivity contribution in [3.63, 3.8) is 0 Å². The van der Waals surface area contributed by atoms with E-state index in [1.165, 1.54) is 18.4 Å². The zero-order valence-electron chi connectivity index (χ0n) is 18.6. The van der Waals surface area contributed by atoms with E-state index in [-0.39, 0.29) is 12.5 Å². The van der Waals surface area contributed by atoms with Crippen LogP contribution in [0.15, 0.2) is 72.8 Å². The second-order valence-corrected chi connectivity index (χ2v) is 8.28. The lowest BCUT2D eigenvalue weighted by Crippen LogP contribution is -2.25. The van der Waals surface area contributed by atoms with Crippen LogP contribution in [0, 0.1) is 0 Å². The van der Waals surface area contributed by atoms with Gasteiger partial charge in [0, 0.05) is 18.7 Å². The molecule has 1 saturated heterocycles. The van der Waals surface area contributed by atoms with Gasteiger partial charge in [-0.3, -0.25) is 14.5 Å². The maximum Gasteiger partial charge on any atom is 0.252 e. The number of primary amides is 1. The van der Waals surface area contributed by atoms with E-state index in [0.29, 0.717) is 23.4 Å². The number of ether oxygens (including phenoxy) is 1. The summed E-state index contributed by atoms with van der Waals surface area (Å²) < 4.78 is 5.79. The van der Waals surface area contributed by atoms with Crippen LogP contribution in [-0.4, -0.2) is 29.8 Å². The summed E-state index contributed by atoms with van der Waals surface area (Å²) in [5, 5.41) is 3.05. The summed E-state index contributed by atoms with van der Waals surface area (Å²) in [5.74, 6) is -0.247. The minimum Gasteiger partial charge on any atom is -0.488 e. The van der Waals surface area contributed by atoms with E-state index in [4.69, 9.17) is 10.5 Å². The first-order valence-corrected chi connectivity index (χ1v) is 11.3. The molecule has 0 radical (unpaired) electrons. The van der Waals surface area contributed by atoms with Crippen LogP contribution in [-0.2, 0) is 19.7 Å². The van der Waals surface area contributed by atoms with Crippen LogP contribution in [0.1, 0.15) is 50.2 Å². The predicted molar refractivity (Wildman–Crippen MR) is 128 cm³/mol. The first-order valence-electron chi connectivity index (χ1n) is 11.3. The average Bonchev–Trinajstić information content (AvgIpc) is 3.35. The summed E-state index contributed by atoms with van der Waals surface area (Å²) in [6.45, 7) is 3.91. The molecular weight excluding hydrogens is 414 g/mol. The van der Waals surface area contributed by atoms with Gasteiger partial charge in [0.25, 0.3) is 11.8 Å². The highest BCUT2D eigenvalue weighted by atomic mass is 16.5. The molecule has 3 N–H and O–H groups in total. The van der Waals surface area contributed by atoms with Crippen LogP contribution < -0.4 is 15.8 Å². The van der Waals surface area contributed by atoms with Gasteiger partial charge in [-0.15, -0.1) is 0 Å². The fourth-order valence-electron chi connectivity index (χ4n) is 4.10. The van der Waals surface area contributed by atoms with Crippen molar-refractivity contribution in [3.05, 3.63) is 101 Å². The lowest BCUT2D eigenvalue weighted by atomic mass is 10.1. The van der Waals surface area contributed by atoms with Gasteiger partial charge in [0.1, 0.15) is 12.4 Å². The zero-order chi connectivity index (χ0) is 23.0. The highest BCUT2D eigenvalue weighted by Gasteiger charge is 2.14. The molecule has 0 unspecified atom stereocenters. The van der Waals surface area contributed by atoms with Crippen LogP contribution in [0.5, 0.6) is 5.75 Å². The molecule has 6 heteroatoms. The summed E-state index contributed by atoms with van der Waals surface area (Å²) in [6.07, 6.45) is 2.51. The number of nitrogens with two attached hydrogens (primary N) is 1. The SMILES string of the molecule is NC(=O)c1ccccc1OCc1cccc(C(=O)NCc2ccccc2CN2CCCC2)c1. The predicted octanol–water partition coefficient (Wildman–Crippen LogP) is 3.89. The number of hydrogen-bond donors (Lipinski definition) is 2. The van der Waals surface area contributed by atoms with E-state index < -0.39 is 5.91 Å². The molecule has 0 atom stereocenters. The average molecular weight is 444 g/mol. The molecular formula is C27H29N3O3. The molecule has 170 valence electrons. The van der Waals surface area contributed by atoms with E-state index in [1.54, 1.807) is 36.4 Å². The third kappa shape index (κ3) is 5.99. The molecule has 1 fully saturated rings. The molecule has 1 aliphatic rings. The number of rotatable bonds is 9. The van der Waals surface area contributed by atoms with Crippen molar-refractivity contribution < 1.29 is 14.3 Å². The Kier molecular flexibility index (Phi) is 7.37. The first-order chi connectivity index (χ1) is 16.1. The van der Waals surface area contributed by atoms with Crippen molar-refractivity contribution in [2.75, 3.05) is 13.1 Å². The summed E-state index contributed by atoms with van der Waals surface area (Å²) in [6, 6.07) is 22.4. The molecule has 0 spiro atoms. The molecule has 0 bridgehead atoms. The Morgan fingerprint density at radius 2 is 1.64 bits per heavy atom. The number of nitrogens with one attached hydrogen (secondary N) is 1. The number of hydrogen-bond acceptors (Lipinski definition) is 4. The molecule has 1 aliphatic heterocycles. The molecule has 0 aromatic heterocycles. The molecule has 0 saturated carbocycles. The number of carbonyl (C=O) groups is 2. The number of likely N-dealkylation sites (tertiary alicyclic amines) is 1. The van der Waals surface area contributed by atoms with Gasteiger partial charge in [0.05, 0.1) is 5.56 Å². The van der Waals surface area contributed by atoms with E-state index in [2.05, 4.69) is 28.4 Å². The molecule has 33 heavy (non-hydrogen) atoms. The largest absolute Gasteiger partial charge is 0.488 e. The van der Waals surface area contributed by atoms with Crippen molar-refractivity contribution in [2.24, 2.45) is 5.73 Å². The standard InChI is InChI=1S/C27H29N3O3/c28-26(31)24-12-3-4-13-25(24)33-19-20-8-7-11-21(16-20)27(32)29-17-22-9-1-2-10-23(22)18-30-14-5-6-15-30/h1-4,7-13,16H,5-6,14-15,17-19H2,(H2,28,31)(H,29,32). The Morgan fingerprint density at radius 3 is 2.42 bits per heavy atom. The van der Waals surface area contributed by atoms with Crippen LogP contribution >= 0.6 is 0 Å². The normalized spacial score (nSPS) is 13.6. The molecule has 6 nitrogen and oxygen atoms in total. The highest BCUT2D eigenvalue weighted by Crippen LogP contribution is 2.19. The highest BCUT2D eigenvalue weighted by molar-refractivity contribution is 5.95. The van der Waals surface area contributed by atoms with Crippen LogP contribution in [0.4, 0.5) is 0 Å². The van der Waals surface area contributed by atoms with Gasteiger partial charge in [0.2, 0.25) is 0 Å². The maximum absolute atomic E-state index is 12.8. The van der Waals surface area contributed by atoms with Gasteiger partial charge < -0.3 is 15.8 Å². The third-order valence-corrected chi connectivity index (χ3v) is 5.89. The fourth-order valence-corrected chi connectivity index (χ4v) is 4.10. The fraction of sp³-hybridized carbons (Fsp3) is 0.259. The van der Waals surface area contributed by atoms with Crippen LogP contribution in [0.3, 0.4) is 0 Å². The van der Waals surface area contributed by atoms with Crippen molar-refractivity contribution in [2.45, 2.75) is 32.5 Å². The second-order valence-electron chi connectivity index (χ2n) is 8.28. The molecule has 2 amide bonds. The Labute approximate surface area is 194 Å². The third-order valence-electron chi connectivity index (χ3n) is 5.89. The van der Waals surface area contributed by atoms with Gasteiger partial charge in [0.15, 0.2) is 0 Å². The Morgan fingerprint density at radius 1 is 0.909 bits per heavy atom. The number of para-hydroxylation sites is 1.